The molecular formula is C18H15BrO2. The zero-order chi connectivity index (χ0) is 14.6. The van der Waals surface area contributed by atoms with Gasteiger partial charge in [-0.1, -0.05) is 48.0 Å². The number of halogens is 1. The minimum atomic E-state index is -0.318. The monoisotopic (exact) mass is 342 g/mol. The van der Waals surface area contributed by atoms with E-state index in [1.807, 2.05) is 0 Å². The Balaban J connectivity index is 1.87. The summed E-state index contributed by atoms with van der Waals surface area (Å²) in [5, 5.41) is 0. The van der Waals surface area contributed by atoms with E-state index in [1.165, 1.54) is 22.3 Å². The van der Waals surface area contributed by atoms with Crippen LogP contribution in [0.25, 0.3) is 11.1 Å². The summed E-state index contributed by atoms with van der Waals surface area (Å²) in [6, 6.07) is 13.0. The second-order valence-electron chi connectivity index (χ2n) is 6.00. The standard InChI is InChI=1S/C18H15BrO2/c1-18(2)15-9-11(17-20-7-8-21-17)3-5-13(15)14-6-4-12(19)10-16(14)18/h3-10,17H,1-2H3. The van der Waals surface area contributed by atoms with Crippen molar-refractivity contribution in [2.24, 2.45) is 0 Å². The predicted molar refractivity (Wildman–Crippen MR) is 85.8 cm³/mol. The quantitative estimate of drug-likeness (QED) is 0.702. The van der Waals surface area contributed by atoms with Crippen LogP contribution in [-0.2, 0) is 14.9 Å². The van der Waals surface area contributed by atoms with Crippen LogP contribution in [0.4, 0.5) is 0 Å². The van der Waals surface area contributed by atoms with Gasteiger partial charge >= 0.3 is 0 Å². The number of rotatable bonds is 1. The highest BCUT2D eigenvalue weighted by Crippen LogP contribution is 2.50. The van der Waals surface area contributed by atoms with Crippen LogP contribution >= 0.6 is 15.9 Å². The molecule has 1 aliphatic carbocycles. The fraction of sp³-hybridized carbons (Fsp3) is 0.222. The van der Waals surface area contributed by atoms with Gasteiger partial charge < -0.3 is 9.47 Å². The third-order valence-electron chi connectivity index (χ3n) is 4.39. The smallest absolute Gasteiger partial charge is 0.266 e. The molecule has 0 spiro atoms. The Bertz CT molecular complexity index is 754. The van der Waals surface area contributed by atoms with Crippen LogP contribution in [0.2, 0.25) is 0 Å². The molecule has 21 heavy (non-hydrogen) atoms. The molecule has 0 radical (unpaired) electrons. The number of hydrogen-bond donors (Lipinski definition) is 0. The molecule has 2 aliphatic rings. The first kappa shape index (κ1) is 13.0. The molecular weight excluding hydrogens is 328 g/mol. The van der Waals surface area contributed by atoms with E-state index in [4.69, 9.17) is 9.47 Å². The molecule has 2 aromatic rings. The Morgan fingerprint density at radius 1 is 0.905 bits per heavy atom. The Labute approximate surface area is 132 Å². The third-order valence-corrected chi connectivity index (χ3v) is 4.89. The van der Waals surface area contributed by atoms with E-state index in [-0.39, 0.29) is 11.7 Å². The van der Waals surface area contributed by atoms with E-state index in [0.29, 0.717) is 0 Å². The minimum Gasteiger partial charge on any atom is -0.455 e. The summed E-state index contributed by atoms with van der Waals surface area (Å²) >= 11 is 3.58. The van der Waals surface area contributed by atoms with Crippen LogP contribution in [0.5, 0.6) is 0 Å². The number of fused-ring (bicyclic) bond motifs is 3. The second kappa shape index (κ2) is 4.38. The maximum absolute atomic E-state index is 5.45. The van der Waals surface area contributed by atoms with E-state index in [9.17, 15) is 0 Å². The van der Waals surface area contributed by atoms with Gasteiger partial charge in [-0.05, 0) is 40.5 Å². The van der Waals surface area contributed by atoms with Crippen LogP contribution in [0.3, 0.4) is 0 Å². The molecule has 0 saturated heterocycles. The molecule has 1 aliphatic heterocycles. The van der Waals surface area contributed by atoms with E-state index in [1.54, 1.807) is 12.5 Å². The lowest BCUT2D eigenvalue weighted by molar-refractivity contribution is -0.0246. The average Bonchev–Trinajstić information content (AvgIpc) is 3.06. The number of hydrogen-bond acceptors (Lipinski definition) is 2. The van der Waals surface area contributed by atoms with Crippen molar-refractivity contribution in [1.29, 1.82) is 0 Å². The van der Waals surface area contributed by atoms with Crippen molar-refractivity contribution in [3.8, 4) is 11.1 Å². The summed E-state index contributed by atoms with van der Waals surface area (Å²) in [7, 11) is 0. The highest BCUT2D eigenvalue weighted by Gasteiger charge is 2.36. The molecule has 0 unspecified atom stereocenters. The first-order valence-electron chi connectivity index (χ1n) is 6.98. The van der Waals surface area contributed by atoms with Crippen LogP contribution in [-0.4, -0.2) is 0 Å². The van der Waals surface area contributed by atoms with Crippen molar-refractivity contribution in [3.63, 3.8) is 0 Å². The zero-order valence-corrected chi connectivity index (χ0v) is 13.5. The molecule has 1 heterocycles. The number of benzene rings is 2. The Morgan fingerprint density at radius 3 is 2.24 bits per heavy atom. The lowest BCUT2D eigenvalue weighted by atomic mass is 9.82. The normalized spacial score (nSPS) is 18.0. The summed E-state index contributed by atoms with van der Waals surface area (Å²) in [5.74, 6) is 0. The minimum absolute atomic E-state index is 0.0174. The molecule has 106 valence electrons. The molecule has 2 aromatic carbocycles. The largest absolute Gasteiger partial charge is 0.455 e. The fourth-order valence-corrected chi connectivity index (χ4v) is 3.63. The Morgan fingerprint density at radius 2 is 1.52 bits per heavy atom. The molecule has 0 aromatic heterocycles. The number of ether oxygens (including phenoxy) is 2. The molecule has 0 N–H and O–H groups in total. The average molecular weight is 343 g/mol. The highest BCUT2D eigenvalue weighted by molar-refractivity contribution is 9.10. The van der Waals surface area contributed by atoms with E-state index < -0.39 is 0 Å². The molecule has 2 nitrogen and oxygen atoms in total. The van der Waals surface area contributed by atoms with Crippen molar-refractivity contribution < 1.29 is 9.47 Å². The maximum Gasteiger partial charge on any atom is 0.266 e. The summed E-state index contributed by atoms with van der Waals surface area (Å²) < 4.78 is 12.0. The second-order valence-corrected chi connectivity index (χ2v) is 6.91. The van der Waals surface area contributed by atoms with Gasteiger partial charge in [-0.3, -0.25) is 0 Å². The van der Waals surface area contributed by atoms with Crippen LogP contribution in [0, 0.1) is 0 Å². The molecule has 0 saturated carbocycles. The van der Waals surface area contributed by atoms with Gasteiger partial charge in [0.05, 0.1) is 0 Å². The van der Waals surface area contributed by atoms with Crippen LogP contribution in [0.1, 0.15) is 36.8 Å². The molecule has 4 rings (SSSR count). The summed E-state index contributed by atoms with van der Waals surface area (Å²) in [6.07, 6.45) is 2.87. The SMILES string of the molecule is CC1(C)c2cc(Br)ccc2-c2ccc(C3OC=CO3)cc21. The summed E-state index contributed by atoms with van der Waals surface area (Å²) in [4.78, 5) is 0. The first-order chi connectivity index (χ1) is 10.1. The Hall–Kier alpha value is -1.74. The molecule has 3 heteroatoms. The van der Waals surface area contributed by atoms with Gasteiger partial charge in [-0.2, -0.15) is 0 Å². The molecule has 0 bridgehead atoms. The van der Waals surface area contributed by atoms with Crippen molar-refractivity contribution in [2.75, 3.05) is 0 Å². The van der Waals surface area contributed by atoms with Crippen molar-refractivity contribution in [3.05, 3.63) is 70.1 Å². The molecule has 0 atom stereocenters. The summed E-state index contributed by atoms with van der Waals surface area (Å²) in [5.41, 5.74) is 6.34. The Kier molecular flexibility index (Phi) is 2.70. The van der Waals surface area contributed by atoms with Gasteiger partial charge in [0.25, 0.3) is 6.29 Å². The van der Waals surface area contributed by atoms with Crippen LogP contribution < -0.4 is 0 Å². The maximum atomic E-state index is 5.45. The van der Waals surface area contributed by atoms with Crippen molar-refractivity contribution in [2.45, 2.75) is 25.6 Å². The van der Waals surface area contributed by atoms with Gasteiger partial charge in [0.2, 0.25) is 0 Å². The topological polar surface area (TPSA) is 18.5 Å². The fourth-order valence-electron chi connectivity index (χ4n) is 3.27. The van der Waals surface area contributed by atoms with Crippen molar-refractivity contribution in [1.82, 2.24) is 0 Å². The zero-order valence-electron chi connectivity index (χ0n) is 11.9. The van der Waals surface area contributed by atoms with Gasteiger partial charge in [-0.25, -0.2) is 0 Å². The van der Waals surface area contributed by atoms with E-state index >= 15 is 0 Å². The summed E-state index contributed by atoms with van der Waals surface area (Å²) in [6.45, 7) is 4.53. The van der Waals surface area contributed by atoms with Gasteiger partial charge in [0, 0.05) is 15.5 Å². The predicted octanol–water partition coefficient (Wildman–Crippen LogP) is 5.27. The van der Waals surface area contributed by atoms with Crippen molar-refractivity contribution >= 4 is 15.9 Å². The third kappa shape index (κ3) is 1.84. The molecule has 0 fully saturated rings. The van der Waals surface area contributed by atoms with Gasteiger partial charge in [-0.15, -0.1) is 0 Å². The lowest BCUT2D eigenvalue weighted by Crippen LogP contribution is -2.15. The van der Waals surface area contributed by atoms with E-state index in [0.717, 1.165) is 10.0 Å². The van der Waals surface area contributed by atoms with Gasteiger partial charge in [0.15, 0.2) is 0 Å². The van der Waals surface area contributed by atoms with E-state index in [2.05, 4.69) is 66.2 Å². The highest BCUT2D eigenvalue weighted by atomic mass is 79.9. The molecule has 0 amide bonds. The lowest BCUT2D eigenvalue weighted by Gasteiger charge is -2.22. The van der Waals surface area contributed by atoms with Gasteiger partial charge in [0.1, 0.15) is 12.5 Å². The first-order valence-corrected chi connectivity index (χ1v) is 7.77. The van der Waals surface area contributed by atoms with Crippen LogP contribution in [0.15, 0.2) is 53.4 Å².